The summed E-state index contributed by atoms with van der Waals surface area (Å²) in [5.41, 5.74) is -2.26. The van der Waals surface area contributed by atoms with Gasteiger partial charge >= 0.3 is 0 Å². The third kappa shape index (κ3) is 4.20. The number of unbranched alkanes of at least 4 members (excludes halogenated alkanes) is 1. The summed E-state index contributed by atoms with van der Waals surface area (Å²) in [5, 5.41) is 10.4. The number of carbonyl (C=O) groups is 3. The third-order valence-corrected chi connectivity index (χ3v) is 8.28. The molecule has 0 aromatic heterocycles. The van der Waals surface area contributed by atoms with Crippen molar-refractivity contribution in [1.82, 2.24) is 14.7 Å². The van der Waals surface area contributed by atoms with Crippen LogP contribution >= 0.6 is 0 Å². The van der Waals surface area contributed by atoms with Gasteiger partial charge in [-0.1, -0.05) is 58.4 Å². The smallest absolute Gasteiger partial charge is 0.249 e. The number of hydrogen-bond acceptors (Lipinski definition) is 5. The van der Waals surface area contributed by atoms with Crippen LogP contribution in [0.4, 0.5) is 0 Å². The Labute approximate surface area is 215 Å². The van der Waals surface area contributed by atoms with Crippen LogP contribution in [0, 0.1) is 17.8 Å². The molecule has 8 heteroatoms. The van der Waals surface area contributed by atoms with Crippen molar-refractivity contribution in [3.8, 4) is 0 Å². The lowest BCUT2D eigenvalue weighted by Gasteiger charge is -2.40. The molecule has 4 aliphatic heterocycles. The van der Waals surface area contributed by atoms with Crippen LogP contribution in [0.2, 0.25) is 0 Å². The molecule has 2 saturated heterocycles. The van der Waals surface area contributed by atoms with E-state index in [2.05, 4.69) is 6.92 Å². The Morgan fingerprint density at radius 1 is 0.972 bits per heavy atom. The molecule has 200 valence electrons. The molecule has 6 atom stereocenters. The highest BCUT2D eigenvalue weighted by Gasteiger charge is 2.75. The molecule has 0 aliphatic carbocycles. The van der Waals surface area contributed by atoms with Gasteiger partial charge in [0.2, 0.25) is 17.7 Å². The van der Waals surface area contributed by atoms with Gasteiger partial charge in [0.15, 0.2) is 0 Å². The number of fused-ring (bicyclic) bond motifs is 2. The quantitative estimate of drug-likeness (QED) is 0.490. The van der Waals surface area contributed by atoms with E-state index in [1.54, 1.807) is 14.7 Å². The van der Waals surface area contributed by atoms with E-state index < -0.39 is 35.1 Å². The van der Waals surface area contributed by atoms with Crippen LogP contribution in [0.25, 0.3) is 0 Å². The van der Waals surface area contributed by atoms with Crippen molar-refractivity contribution in [3.05, 3.63) is 24.3 Å². The summed E-state index contributed by atoms with van der Waals surface area (Å²) < 4.78 is 6.84. The zero-order valence-corrected chi connectivity index (χ0v) is 22.5. The van der Waals surface area contributed by atoms with Crippen LogP contribution in [-0.4, -0.2) is 93.6 Å². The number of nitrogens with zero attached hydrogens (tertiary/aromatic N) is 3. The number of carbonyl (C=O) groups excluding carboxylic acids is 3. The number of rotatable bonds is 9. The van der Waals surface area contributed by atoms with Crippen LogP contribution < -0.4 is 0 Å². The molecule has 4 rings (SSSR count). The molecule has 4 aliphatic rings. The van der Waals surface area contributed by atoms with Crippen LogP contribution in [0.3, 0.4) is 0 Å². The molecular weight excluding hydrogens is 458 g/mol. The summed E-state index contributed by atoms with van der Waals surface area (Å²) in [6.45, 7) is 11.9. The molecule has 1 spiro atoms. The molecule has 0 bridgehead atoms. The molecule has 1 unspecified atom stereocenters. The molecule has 8 nitrogen and oxygen atoms in total. The average molecular weight is 502 g/mol. The number of amides is 3. The predicted octanol–water partition coefficient (Wildman–Crippen LogP) is 2.37. The number of aliphatic hydroxyl groups is 1. The fraction of sp³-hybridized carbons (Fsp3) is 0.750. The Kier molecular flexibility index (Phi) is 7.68. The van der Waals surface area contributed by atoms with Crippen molar-refractivity contribution in [3.63, 3.8) is 0 Å². The van der Waals surface area contributed by atoms with Crippen LogP contribution in [0.1, 0.15) is 60.3 Å². The highest BCUT2D eigenvalue weighted by atomic mass is 16.5. The lowest BCUT2D eigenvalue weighted by atomic mass is 9.74. The summed E-state index contributed by atoms with van der Waals surface area (Å²) in [7, 11) is 0. The summed E-state index contributed by atoms with van der Waals surface area (Å²) >= 11 is 0. The Balaban J connectivity index is 1.86. The molecule has 0 aromatic rings. The standard InChI is InChI=1S/C28H43N3O5/c1-6-8-14-30-16-10-12-28-22(21-24(33)29(13-7-2)15-9-11-27(21,5)36-28)25(34)31(23(28)26(30)35)20(18-32)17-19(3)4/h9-12,19-23,32H,6-8,13-18H2,1-5H3/t20-,21-,22+,23?,27+,28+/m1/s1. The van der Waals surface area contributed by atoms with Gasteiger partial charge in [0.1, 0.15) is 11.6 Å². The highest BCUT2D eigenvalue weighted by Crippen LogP contribution is 2.58. The summed E-state index contributed by atoms with van der Waals surface area (Å²) in [5.74, 6) is -1.86. The number of likely N-dealkylation sites (tertiary alicyclic amines) is 1. The van der Waals surface area contributed by atoms with Gasteiger partial charge in [-0.25, -0.2) is 0 Å². The largest absolute Gasteiger partial charge is 0.394 e. The Hall–Kier alpha value is -2.19. The SMILES string of the molecule is CCCCN1CC=C[C@]23O[C@@]4(C)C=CCN(CCC)C(=O)[C@H]4[C@H]2C(=O)N([C@@H](CO)CC(C)C)C3C1=O. The van der Waals surface area contributed by atoms with Crippen molar-refractivity contribution in [1.29, 1.82) is 0 Å². The Bertz CT molecular complexity index is 932. The highest BCUT2D eigenvalue weighted by molar-refractivity contribution is 6.00. The van der Waals surface area contributed by atoms with E-state index in [4.69, 9.17) is 4.74 Å². The maximum Gasteiger partial charge on any atom is 0.249 e. The topological polar surface area (TPSA) is 90.4 Å². The first-order valence-electron chi connectivity index (χ1n) is 13.7. The van der Waals surface area contributed by atoms with E-state index in [9.17, 15) is 19.5 Å². The van der Waals surface area contributed by atoms with Gasteiger partial charge < -0.3 is 24.5 Å². The van der Waals surface area contributed by atoms with E-state index in [1.165, 1.54) is 0 Å². The van der Waals surface area contributed by atoms with Gasteiger partial charge in [-0.15, -0.1) is 0 Å². The zero-order chi connectivity index (χ0) is 26.3. The second-order valence-electron chi connectivity index (χ2n) is 11.4. The minimum absolute atomic E-state index is 0.0995. The van der Waals surface area contributed by atoms with Crippen molar-refractivity contribution < 1.29 is 24.2 Å². The van der Waals surface area contributed by atoms with E-state index >= 15 is 0 Å². The lowest BCUT2D eigenvalue weighted by Crippen LogP contribution is -2.59. The van der Waals surface area contributed by atoms with Gasteiger partial charge in [0.05, 0.1) is 30.1 Å². The normalized spacial score (nSPS) is 34.7. The molecule has 3 amide bonds. The van der Waals surface area contributed by atoms with E-state index in [-0.39, 0.29) is 30.2 Å². The fourth-order valence-corrected chi connectivity index (χ4v) is 6.79. The second kappa shape index (κ2) is 10.3. The second-order valence-corrected chi connectivity index (χ2v) is 11.4. The summed E-state index contributed by atoms with van der Waals surface area (Å²) in [6.07, 6.45) is 10.9. The minimum Gasteiger partial charge on any atom is -0.394 e. The minimum atomic E-state index is -1.26. The van der Waals surface area contributed by atoms with Crippen molar-refractivity contribution >= 4 is 17.7 Å². The Morgan fingerprint density at radius 3 is 2.25 bits per heavy atom. The molecule has 4 heterocycles. The zero-order valence-electron chi connectivity index (χ0n) is 22.5. The van der Waals surface area contributed by atoms with Crippen LogP contribution in [0.15, 0.2) is 24.3 Å². The van der Waals surface area contributed by atoms with Crippen molar-refractivity contribution in [2.24, 2.45) is 17.8 Å². The van der Waals surface area contributed by atoms with E-state index in [0.29, 0.717) is 32.6 Å². The molecule has 1 N–H and O–H groups in total. The monoisotopic (exact) mass is 501 g/mol. The van der Waals surface area contributed by atoms with Gasteiger partial charge in [0, 0.05) is 26.2 Å². The van der Waals surface area contributed by atoms with Gasteiger partial charge in [-0.05, 0) is 32.1 Å². The summed E-state index contributed by atoms with van der Waals surface area (Å²) in [4.78, 5) is 47.7. The van der Waals surface area contributed by atoms with Crippen molar-refractivity contribution in [2.75, 3.05) is 32.8 Å². The van der Waals surface area contributed by atoms with Gasteiger partial charge in [0.25, 0.3) is 0 Å². The van der Waals surface area contributed by atoms with Gasteiger partial charge in [-0.3, -0.25) is 14.4 Å². The van der Waals surface area contributed by atoms with Crippen LogP contribution in [0.5, 0.6) is 0 Å². The van der Waals surface area contributed by atoms with Gasteiger partial charge in [-0.2, -0.15) is 0 Å². The maximum atomic E-state index is 14.4. The predicted molar refractivity (Wildman–Crippen MR) is 137 cm³/mol. The van der Waals surface area contributed by atoms with Crippen LogP contribution in [-0.2, 0) is 19.1 Å². The lowest BCUT2D eigenvalue weighted by molar-refractivity contribution is -0.156. The van der Waals surface area contributed by atoms with Crippen molar-refractivity contribution in [2.45, 2.75) is 83.6 Å². The maximum absolute atomic E-state index is 14.4. The van der Waals surface area contributed by atoms with E-state index in [1.807, 2.05) is 52.0 Å². The number of hydrogen-bond donors (Lipinski definition) is 1. The Morgan fingerprint density at radius 2 is 1.64 bits per heavy atom. The molecule has 2 fully saturated rings. The number of aliphatic hydroxyl groups excluding tert-OH is 1. The first kappa shape index (κ1) is 26.9. The average Bonchev–Trinajstić information content (AvgIpc) is 3.11. The first-order valence-corrected chi connectivity index (χ1v) is 13.7. The molecule has 36 heavy (non-hydrogen) atoms. The fourth-order valence-electron chi connectivity index (χ4n) is 6.79. The number of ether oxygens (including phenoxy) is 1. The first-order chi connectivity index (χ1) is 17.1. The summed E-state index contributed by atoms with van der Waals surface area (Å²) in [6, 6.07) is -1.43. The molecular formula is C28H43N3O5. The molecule has 0 saturated carbocycles. The third-order valence-electron chi connectivity index (χ3n) is 8.28. The van der Waals surface area contributed by atoms with E-state index in [0.717, 1.165) is 19.3 Å². The molecule has 0 radical (unpaired) electrons. The molecule has 0 aromatic carbocycles.